The molecule has 1 rings (SSSR count). The highest BCUT2D eigenvalue weighted by Gasteiger charge is 2.13. The average molecular weight is 333 g/mol. The molecule has 0 spiro atoms. The van der Waals surface area contributed by atoms with Crippen molar-refractivity contribution in [3.63, 3.8) is 0 Å². The van der Waals surface area contributed by atoms with Crippen LogP contribution in [0.3, 0.4) is 0 Å². The molecule has 9 heteroatoms. The zero-order valence-corrected chi connectivity index (χ0v) is 14.5. The van der Waals surface area contributed by atoms with Crippen LogP contribution in [-0.2, 0) is 10.0 Å². The van der Waals surface area contributed by atoms with E-state index in [1.165, 1.54) is 30.2 Å². The minimum Gasteiger partial charge on any atom is -0.370 e. The van der Waals surface area contributed by atoms with E-state index in [0.717, 1.165) is 18.8 Å². The van der Waals surface area contributed by atoms with Crippen LogP contribution >= 0.6 is 11.8 Å². The van der Waals surface area contributed by atoms with Gasteiger partial charge in [0.25, 0.3) is 0 Å². The van der Waals surface area contributed by atoms with Crippen LogP contribution in [0, 0.1) is 0 Å². The molecule has 1 aromatic rings. The smallest absolute Gasteiger partial charge is 0.215 e. The zero-order valence-electron chi connectivity index (χ0n) is 12.9. The minimum atomic E-state index is -3.20. The fourth-order valence-corrected chi connectivity index (χ4v) is 2.55. The van der Waals surface area contributed by atoms with E-state index in [2.05, 4.69) is 27.5 Å². The van der Waals surface area contributed by atoms with Gasteiger partial charge in [-0.1, -0.05) is 18.7 Å². The highest BCUT2D eigenvalue weighted by molar-refractivity contribution is 7.98. The summed E-state index contributed by atoms with van der Waals surface area (Å²) in [6.45, 7) is 3.22. The van der Waals surface area contributed by atoms with Crippen molar-refractivity contribution in [1.29, 1.82) is 0 Å². The lowest BCUT2D eigenvalue weighted by molar-refractivity contribution is 0.521. The van der Waals surface area contributed by atoms with Crippen LogP contribution in [0.1, 0.15) is 13.3 Å². The van der Waals surface area contributed by atoms with Crippen molar-refractivity contribution >= 4 is 33.4 Å². The Morgan fingerprint density at radius 1 is 1.19 bits per heavy atom. The Kier molecular flexibility index (Phi) is 7.20. The lowest BCUT2D eigenvalue weighted by Crippen LogP contribution is -2.28. The molecule has 120 valence electrons. The second-order valence-corrected chi connectivity index (χ2v) is 7.65. The third-order valence-electron chi connectivity index (χ3n) is 2.67. The molecule has 0 bridgehead atoms. The summed E-state index contributed by atoms with van der Waals surface area (Å²) in [6, 6.07) is 1.79. The summed E-state index contributed by atoms with van der Waals surface area (Å²) in [5.41, 5.74) is 0. The van der Waals surface area contributed by atoms with Gasteiger partial charge in [0.05, 0.1) is 5.75 Å². The summed E-state index contributed by atoms with van der Waals surface area (Å²) >= 11 is 1.45. The van der Waals surface area contributed by atoms with Gasteiger partial charge < -0.3 is 10.6 Å². The predicted octanol–water partition coefficient (Wildman–Crippen LogP) is 1.32. The zero-order chi connectivity index (χ0) is 15.9. The fourth-order valence-electron chi connectivity index (χ4n) is 1.44. The molecule has 0 aliphatic rings. The SMILES string of the molecule is CCCNc1cc(NCCS(=O)(=O)N(C)C)nc(SC)n1. The van der Waals surface area contributed by atoms with Gasteiger partial charge in [-0.15, -0.1) is 0 Å². The minimum absolute atomic E-state index is 0.0241. The van der Waals surface area contributed by atoms with Gasteiger partial charge in [-0.3, -0.25) is 0 Å². The summed E-state index contributed by atoms with van der Waals surface area (Å²) in [5.74, 6) is 1.40. The van der Waals surface area contributed by atoms with Crippen molar-refractivity contribution in [2.24, 2.45) is 0 Å². The summed E-state index contributed by atoms with van der Waals surface area (Å²) in [5, 5.41) is 6.89. The first-order chi connectivity index (χ1) is 9.89. The number of thioether (sulfide) groups is 1. The number of hydrogen-bond donors (Lipinski definition) is 2. The van der Waals surface area contributed by atoms with Crippen LogP contribution in [0.5, 0.6) is 0 Å². The maximum atomic E-state index is 11.7. The van der Waals surface area contributed by atoms with Crippen molar-refractivity contribution in [1.82, 2.24) is 14.3 Å². The normalized spacial score (nSPS) is 11.7. The van der Waals surface area contributed by atoms with E-state index < -0.39 is 10.0 Å². The predicted molar refractivity (Wildman–Crippen MR) is 88.6 cm³/mol. The van der Waals surface area contributed by atoms with Crippen LogP contribution in [-0.4, -0.2) is 61.9 Å². The topological polar surface area (TPSA) is 87.2 Å². The Morgan fingerprint density at radius 2 is 1.76 bits per heavy atom. The molecule has 0 fully saturated rings. The Bertz CT molecular complexity index is 549. The summed E-state index contributed by atoms with van der Waals surface area (Å²) in [7, 11) is -0.149. The Balaban J connectivity index is 2.69. The number of aromatic nitrogens is 2. The molecule has 1 aromatic heterocycles. The van der Waals surface area contributed by atoms with Crippen molar-refractivity contribution in [3.05, 3.63) is 6.07 Å². The molecule has 0 atom stereocenters. The first kappa shape index (κ1) is 18.0. The van der Waals surface area contributed by atoms with Crippen LogP contribution in [0.4, 0.5) is 11.6 Å². The van der Waals surface area contributed by atoms with E-state index in [1.54, 1.807) is 6.07 Å². The van der Waals surface area contributed by atoms with Gasteiger partial charge in [-0.25, -0.2) is 22.7 Å². The molecule has 2 N–H and O–H groups in total. The van der Waals surface area contributed by atoms with E-state index in [9.17, 15) is 8.42 Å². The molecular formula is C12H23N5O2S2. The number of nitrogens with one attached hydrogen (secondary N) is 2. The maximum Gasteiger partial charge on any atom is 0.215 e. The van der Waals surface area contributed by atoms with Crippen LogP contribution < -0.4 is 10.6 Å². The van der Waals surface area contributed by atoms with E-state index in [1.807, 2.05) is 6.26 Å². The summed E-state index contributed by atoms with van der Waals surface area (Å²) in [4.78, 5) is 8.67. The first-order valence-corrected chi connectivity index (χ1v) is 9.53. The highest BCUT2D eigenvalue weighted by atomic mass is 32.2. The highest BCUT2D eigenvalue weighted by Crippen LogP contribution is 2.17. The third kappa shape index (κ3) is 6.06. The van der Waals surface area contributed by atoms with Gasteiger partial charge in [0.2, 0.25) is 10.0 Å². The fraction of sp³-hybridized carbons (Fsp3) is 0.667. The van der Waals surface area contributed by atoms with Gasteiger partial charge in [-0.2, -0.15) is 0 Å². The molecule has 0 amide bonds. The molecule has 0 saturated carbocycles. The first-order valence-electron chi connectivity index (χ1n) is 6.70. The molecule has 1 heterocycles. The van der Waals surface area contributed by atoms with Gasteiger partial charge in [0.15, 0.2) is 5.16 Å². The number of sulfonamides is 1. The van der Waals surface area contributed by atoms with Crippen LogP contribution in [0.25, 0.3) is 0 Å². The van der Waals surface area contributed by atoms with E-state index in [0.29, 0.717) is 17.5 Å². The second-order valence-electron chi connectivity index (χ2n) is 4.58. The van der Waals surface area contributed by atoms with Crippen molar-refractivity contribution in [2.45, 2.75) is 18.5 Å². The second kappa shape index (κ2) is 8.40. The number of rotatable bonds is 9. The molecule has 7 nitrogen and oxygen atoms in total. The van der Waals surface area contributed by atoms with Gasteiger partial charge >= 0.3 is 0 Å². The Hall–Kier alpha value is -1.06. The quantitative estimate of drug-likeness (QED) is 0.520. The maximum absolute atomic E-state index is 11.7. The monoisotopic (exact) mass is 333 g/mol. The van der Waals surface area contributed by atoms with E-state index in [4.69, 9.17) is 0 Å². The van der Waals surface area contributed by atoms with Gasteiger partial charge in [0.1, 0.15) is 11.6 Å². The van der Waals surface area contributed by atoms with E-state index in [-0.39, 0.29) is 5.75 Å². The van der Waals surface area contributed by atoms with Crippen molar-refractivity contribution in [3.8, 4) is 0 Å². The third-order valence-corrected chi connectivity index (χ3v) is 5.05. The van der Waals surface area contributed by atoms with Crippen LogP contribution in [0.2, 0.25) is 0 Å². The average Bonchev–Trinajstić information content (AvgIpc) is 2.44. The van der Waals surface area contributed by atoms with E-state index >= 15 is 0 Å². The van der Waals surface area contributed by atoms with Crippen LogP contribution in [0.15, 0.2) is 11.2 Å². The number of anilines is 2. The van der Waals surface area contributed by atoms with Crippen molar-refractivity contribution in [2.75, 3.05) is 49.8 Å². The number of nitrogens with zero attached hydrogens (tertiary/aromatic N) is 3. The molecular weight excluding hydrogens is 310 g/mol. The summed E-state index contributed by atoms with van der Waals surface area (Å²) < 4.78 is 24.6. The molecule has 0 saturated heterocycles. The standard InChI is InChI=1S/C12H23N5O2S2/c1-5-6-13-10-9-11(16-12(15-10)20-4)14-7-8-21(18,19)17(2)3/h9H,5-8H2,1-4H3,(H2,13,14,15,16). The van der Waals surface area contributed by atoms with Gasteiger partial charge in [0, 0.05) is 33.3 Å². The lowest BCUT2D eigenvalue weighted by Gasteiger charge is -2.13. The van der Waals surface area contributed by atoms with Crippen molar-refractivity contribution < 1.29 is 8.42 Å². The number of hydrogen-bond acceptors (Lipinski definition) is 7. The lowest BCUT2D eigenvalue weighted by atomic mass is 10.4. The molecule has 0 aromatic carbocycles. The largest absolute Gasteiger partial charge is 0.370 e. The molecule has 0 aliphatic carbocycles. The Morgan fingerprint density at radius 3 is 2.24 bits per heavy atom. The molecule has 0 aliphatic heterocycles. The molecule has 21 heavy (non-hydrogen) atoms. The Labute approximate surface area is 131 Å². The molecule has 0 unspecified atom stereocenters. The van der Waals surface area contributed by atoms with Gasteiger partial charge in [-0.05, 0) is 12.7 Å². The summed E-state index contributed by atoms with van der Waals surface area (Å²) in [6.07, 6.45) is 2.90. The molecule has 0 radical (unpaired) electrons.